The molecule has 22 heavy (non-hydrogen) atoms. The Bertz CT molecular complexity index is 480. The van der Waals surface area contributed by atoms with Gasteiger partial charge >= 0.3 is 0 Å². The van der Waals surface area contributed by atoms with Crippen molar-refractivity contribution < 1.29 is 9.53 Å². The van der Waals surface area contributed by atoms with Crippen molar-refractivity contribution in [1.82, 2.24) is 15.2 Å². The third kappa shape index (κ3) is 4.21. The number of thioether (sulfide) groups is 1. The first-order valence-corrected chi connectivity index (χ1v) is 8.95. The van der Waals surface area contributed by atoms with Crippen LogP contribution in [0.5, 0.6) is 0 Å². The summed E-state index contributed by atoms with van der Waals surface area (Å²) in [7, 11) is 0. The fraction of sp³-hybridized carbons (Fsp3) is 0.625. The fourth-order valence-electron chi connectivity index (χ4n) is 3.12. The molecule has 2 atom stereocenters. The summed E-state index contributed by atoms with van der Waals surface area (Å²) in [5.74, 6) is 0.520. The van der Waals surface area contributed by atoms with Crippen molar-refractivity contribution in [1.29, 1.82) is 0 Å². The van der Waals surface area contributed by atoms with Crippen LogP contribution in [0, 0.1) is 0 Å². The van der Waals surface area contributed by atoms with Crippen LogP contribution in [0.2, 0.25) is 0 Å². The van der Waals surface area contributed by atoms with Gasteiger partial charge in [0.2, 0.25) is 5.91 Å². The van der Waals surface area contributed by atoms with E-state index in [1.165, 1.54) is 19.3 Å². The lowest BCUT2D eigenvalue weighted by molar-refractivity contribution is -0.119. The maximum atomic E-state index is 12.2. The first-order valence-electron chi connectivity index (χ1n) is 7.97. The minimum atomic E-state index is 0.0827. The SMILES string of the molecule is O=C(CSc1ccncc1)N[C@H]1COC[C@@H]1N1CCCCC1. The zero-order chi connectivity index (χ0) is 15.2. The van der Waals surface area contributed by atoms with Crippen molar-refractivity contribution in [3.05, 3.63) is 24.5 Å². The largest absolute Gasteiger partial charge is 0.378 e. The van der Waals surface area contributed by atoms with E-state index >= 15 is 0 Å². The van der Waals surface area contributed by atoms with Gasteiger partial charge in [0.25, 0.3) is 0 Å². The van der Waals surface area contributed by atoms with Gasteiger partial charge in [-0.1, -0.05) is 6.42 Å². The average Bonchev–Trinajstić information content (AvgIpc) is 3.03. The number of nitrogens with one attached hydrogen (secondary N) is 1. The van der Waals surface area contributed by atoms with Gasteiger partial charge in [-0.15, -0.1) is 11.8 Å². The molecule has 0 spiro atoms. The Labute approximate surface area is 135 Å². The number of carbonyl (C=O) groups is 1. The molecule has 1 amide bonds. The van der Waals surface area contributed by atoms with E-state index in [9.17, 15) is 4.79 Å². The molecule has 0 radical (unpaired) electrons. The summed E-state index contributed by atoms with van der Waals surface area (Å²) in [5.41, 5.74) is 0. The first kappa shape index (κ1) is 15.8. The number of piperidine rings is 1. The molecule has 0 bridgehead atoms. The Balaban J connectivity index is 1.47. The minimum Gasteiger partial charge on any atom is -0.378 e. The molecule has 3 heterocycles. The highest BCUT2D eigenvalue weighted by atomic mass is 32.2. The van der Waals surface area contributed by atoms with Crippen LogP contribution < -0.4 is 5.32 Å². The second kappa shape index (κ2) is 7.94. The van der Waals surface area contributed by atoms with E-state index in [1.807, 2.05) is 12.1 Å². The van der Waals surface area contributed by atoms with Gasteiger partial charge in [0.05, 0.1) is 31.1 Å². The van der Waals surface area contributed by atoms with Crippen molar-refractivity contribution in [2.75, 3.05) is 32.1 Å². The van der Waals surface area contributed by atoms with E-state index in [4.69, 9.17) is 4.74 Å². The zero-order valence-corrected chi connectivity index (χ0v) is 13.6. The lowest BCUT2D eigenvalue weighted by Gasteiger charge is -2.34. The Kier molecular flexibility index (Phi) is 5.70. The van der Waals surface area contributed by atoms with Crippen LogP contribution in [-0.4, -0.2) is 59.9 Å². The maximum absolute atomic E-state index is 12.2. The number of hydrogen-bond acceptors (Lipinski definition) is 5. The van der Waals surface area contributed by atoms with Crippen LogP contribution in [0.4, 0.5) is 0 Å². The van der Waals surface area contributed by atoms with Crippen LogP contribution in [-0.2, 0) is 9.53 Å². The molecule has 6 heteroatoms. The molecule has 2 saturated heterocycles. The van der Waals surface area contributed by atoms with Crippen molar-refractivity contribution in [2.45, 2.75) is 36.2 Å². The second-order valence-corrected chi connectivity index (χ2v) is 6.90. The number of rotatable bonds is 5. The zero-order valence-electron chi connectivity index (χ0n) is 12.7. The molecule has 3 rings (SSSR count). The predicted molar refractivity (Wildman–Crippen MR) is 86.9 cm³/mol. The molecule has 0 aliphatic carbocycles. The summed E-state index contributed by atoms with van der Waals surface area (Å²) in [6, 6.07) is 4.32. The lowest BCUT2D eigenvalue weighted by Crippen LogP contribution is -2.52. The van der Waals surface area contributed by atoms with Gasteiger partial charge in [-0.25, -0.2) is 0 Å². The van der Waals surface area contributed by atoms with E-state index < -0.39 is 0 Å². The number of hydrogen-bond donors (Lipinski definition) is 1. The van der Waals surface area contributed by atoms with Crippen molar-refractivity contribution in [3.8, 4) is 0 Å². The highest BCUT2D eigenvalue weighted by molar-refractivity contribution is 8.00. The van der Waals surface area contributed by atoms with E-state index in [0.717, 1.165) is 24.6 Å². The van der Waals surface area contributed by atoms with Crippen molar-refractivity contribution in [2.24, 2.45) is 0 Å². The van der Waals surface area contributed by atoms with Gasteiger partial charge in [0.15, 0.2) is 0 Å². The molecule has 2 aliphatic rings. The summed E-state index contributed by atoms with van der Waals surface area (Å²) in [5, 5.41) is 3.15. The van der Waals surface area contributed by atoms with Crippen molar-refractivity contribution >= 4 is 17.7 Å². The number of amides is 1. The average molecular weight is 321 g/mol. The van der Waals surface area contributed by atoms with Crippen LogP contribution >= 0.6 is 11.8 Å². The Morgan fingerprint density at radius 3 is 2.82 bits per heavy atom. The van der Waals surface area contributed by atoms with Crippen LogP contribution in [0.1, 0.15) is 19.3 Å². The number of pyridine rings is 1. The molecule has 5 nitrogen and oxygen atoms in total. The van der Waals surface area contributed by atoms with Gasteiger partial charge in [-0.3, -0.25) is 14.7 Å². The van der Waals surface area contributed by atoms with Gasteiger partial charge in [-0.05, 0) is 38.1 Å². The smallest absolute Gasteiger partial charge is 0.230 e. The third-order valence-electron chi connectivity index (χ3n) is 4.28. The van der Waals surface area contributed by atoms with E-state index in [2.05, 4.69) is 15.2 Å². The molecule has 0 aromatic carbocycles. The van der Waals surface area contributed by atoms with Gasteiger partial charge in [0.1, 0.15) is 0 Å². The van der Waals surface area contributed by atoms with Gasteiger partial charge in [0, 0.05) is 17.3 Å². The highest BCUT2D eigenvalue weighted by Gasteiger charge is 2.34. The van der Waals surface area contributed by atoms with Crippen LogP contribution in [0.3, 0.4) is 0 Å². The highest BCUT2D eigenvalue weighted by Crippen LogP contribution is 2.20. The summed E-state index contributed by atoms with van der Waals surface area (Å²) in [6.07, 6.45) is 7.34. The third-order valence-corrected chi connectivity index (χ3v) is 5.29. The number of nitrogens with zero attached hydrogens (tertiary/aromatic N) is 2. The molecule has 0 unspecified atom stereocenters. The topological polar surface area (TPSA) is 54.5 Å². The molecule has 0 saturated carbocycles. The molecule has 1 aromatic heterocycles. The summed E-state index contributed by atoms with van der Waals surface area (Å²) < 4.78 is 5.62. The monoisotopic (exact) mass is 321 g/mol. The molecule has 2 aliphatic heterocycles. The summed E-state index contributed by atoms with van der Waals surface area (Å²) >= 11 is 1.54. The van der Waals surface area contributed by atoms with E-state index in [1.54, 1.807) is 24.2 Å². The Hall–Kier alpha value is -1.11. The molecule has 2 fully saturated rings. The number of likely N-dealkylation sites (tertiary alicyclic amines) is 1. The predicted octanol–water partition coefficient (Wildman–Crippen LogP) is 1.54. The molecular weight excluding hydrogens is 298 g/mol. The number of aromatic nitrogens is 1. The van der Waals surface area contributed by atoms with Crippen LogP contribution in [0.25, 0.3) is 0 Å². The second-order valence-electron chi connectivity index (χ2n) is 5.85. The number of carbonyl (C=O) groups excluding carboxylic acids is 1. The molecule has 1 aromatic rings. The quantitative estimate of drug-likeness (QED) is 0.834. The normalized spacial score (nSPS) is 26.0. The Morgan fingerprint density at radius 1 is 1.27 bits per heavy atom. The standard InChI is InChI=1S/C16H23N3O2S/c20-16(12-22-13-4-6-17-7-5-13)18-14-10-21-11-15(14)19-8-2-1-3-9-19/h4-7,14-15H,1-3,8-12H2,(H,18,20)/t14-,15-/m0/s1. The van der Waals surface area contributed by atoms with Crippen molar-refractivity contribution in [3.63, 3.8) is 0 Å². The van der Waals surface area contributed by atoms with E-state index in [-0.39, 0.29) is 11.9 Å². The number of ether oxygens (including phenoxy) is 1. The Morgan fingerprint density at radius 2 is 2.05 bits per heavy atom. The van der Waals surface area contributed by atoms with E-state index in [0.29, 0.717) is 18.4 Å². The molecular formula is C16H23N3O2S. The molecule has 120 valence electrons. The minimum absolute atomic E-state index is 0.0827. The maximum Gasteiger partial charge on any atom is 0.230 e. The summed E-state index contributed by atoms with van der Waals surface area (Å²) in [4.78, 5) is 19.7. The summed E-state index contributed by atoms with van der Waals surface area (Å²) in [6.45, 7) is 3.63. The first-order chi connectivity index (χ1) is 10.8. The lowest BCUT2D eigenvalue weighted by atomic mass is 10.1. The van der Waals surface area contributed by atoms with Crippen LogP contribution in [0.15, 0.2) is 29.4 Å². The van der Waals surface area contributed by atoms with Gasteiger partial charge in [-0.2, -0.15) is 0 Å². The molecule has 1 N–H and O–H groups in total. The van der Waals surface area contributed by atoms with Gasteiger partial charge < -0.3 is 10.1 Å². The fourth-order valence-corrected chi connectivity index (χ4v) is 3.82.